The molecule has 1 heteroatoms. The predicted molar refractivity (Wildman–Crippen MR) is 70.5 cm³/mol. The Bertz CT molecular complexity index is 256. The highest BCUT2D eigenvalue weighted by Gasteiger charge is 2.60. The van der Waals surface area contributed by atoms with Gasteiger partial charge in [-0.2, -0.15) is 0 Å². The van der Waals surface area contributed by atoms with Crippen molar-refractivity contribution in [3.8, 4) is 0 Å². The van der Waals surface area contributed by atoms with E-state index in [2.05, 4.69) is 39.9 Å². The molecule has 2 rings (SSSR count). The standard InChI is InChI=1S/C15H29N/c1-11(2)7-9-16-13-10-12-6-8-15(13,5)14(12,3)4/h11-13,16H,6-10H2,1-5H3. The lowest BCUT2D eigenvalue weighted by Gasteiger charge is -2.39. The second kappa shape index (κ2) is 4.01. The summed E-state index contributed by atoms with van der Waals surface area (Å²) in [6.45, 7) is 13.3. The van der Waals surface area contributed by atoms with Crippen LogP contribution in [0, 0.1) is 22.7 Å². The van der Waals surface area contributed by atoms with Gasteiger partial charge in [0.1, 0.15) is 0 Å². The third-order valence-corrected chi connectivity index (χ3v) is 5.91. The van der Waals surface area contributed by atoms with Crippen LogP contribution >= 0.6 is 0 Å². The zero-order chi connectivity index (χ0) is 12.0. The van der Waals surface area contributed by atoms with Crippen LogP contribution in [0.5, 0.6) is 0 Å². The van der Waals surface area contributed by atoms with Crippen LogP contribution in [0.25, 0.3) is 0 Å². The molecule has 94 valence electrons. The van der Waals surface area contributed by atoms with Gasteiger partial charge in [-0.25, -0.2) is 0 Å². The summed E-state index contributed by atoms with van der Waals surface area (Å²) >= 11 is 0. The first kappa shape index (κ1) is 12.4. The van der Waals surface area contributed by atoms with Gasteiger partial charge in [-0.1, -0.05) is 34.6 Å². The van der Waals surface area contributed by atoms with Crippen molar-refractivity contribution in [2.45, 2.75) is 66.3 Å². The van der Waals surface area contributed by atoms with Gasteiger partial charge < -0.3 is 5.32 Å². The van der Waals surface area contributed by atoms with Crippen molar-refractivity contribution in [3.05, 3.63) is 0 Å². The van der Waals surface area contributed by atoms with Crippen LogP contribution in [-0.4, -0.2) is 12.6 Å². The maximum atomic E-state index is 3.84. The third kappa shape index (κ3) is 1.72. The molecule has 0 aromatic carbocycles. The average Bonchev–Trinajstić information content (AvgIpc) is 2.49. The minimum absolute atomic E-state index is 0.550. The largest absolute Gasteiger partial charge is 0.313 e. The minimum atomic E-state index is 0.550. The van der Waals surface area contributed by atoms with Crippen LogP contribution in [0.2, 0.25) is 0 Å². The maximum Gasteiger partial charge on any atom is 0.0129 e. The summed E-state index contributed by atoms with van der Waals surface area (Å²) in [6.07, 6.45) is 5.63. The second-order valence-corrected chi connectivity index (χ2v) is 7.30. The summed E-state index contributed by atoms with van der Waals surface area (Å²) in [7, 11) is 0. The fourth-order valence-electron chi connectivity index (χ4n) is 4.06. The molecule has 1 N–H and O–H groups in total. The van der Waals surface area contributed by atoms with Gasteiger partial charge in [0.25, 0.3) is 0 Å². The summed E-state index contributed by atoms with van der Waals surface area (Å²) in [5.74, 6) is 1.79. The fourth-order valence-corrected chi connectivity index (χ4v) is 4.06. The van der Waals surface area contributed by atoms with E-state index >= 15 is 0 Å². The van der Waals surface area contributed by atoms with Gasteiger partial charge in [0.05, 0.1) is 0 Å². The summed E-state index contributed by atoms with van der Waals surface area (Å²) in [6, 6.07) is 0.778. The zero-order valence-corrected chi connectivity index (χ0v) is 11.8. The van der Waals surface area contributed by atoms with Crippen LogP contribution in [0.3, 0.4) is 0 Å². The highest BCUT2D eigenvalue weighted by Crippen LogP contribution is 2.65. The van der Waals surface area contributed by atoms with Crippen LogP contribution in [0.4, 0.5) is 0 Å². The Morgan fingerprint density at radius 2 is 1.94 bits per heavy atom. The normalized spacial score (nSPS) is 40.9. The van der Waals surface area contributed by atoms with E-state index < -0.39 is 0 Å². The zero-order valence-electron chi connectivity index (χ0n) is 11.8. The fraction of sp³-hybridized carbons (Fsp3) is 1.00. The molecule has 3 atom stereocenters. The van der Waals surface area contributed by atoms with E-state index in [-0.39, 0.29) is 0 Å². The van der Waals surface area contributed by atoms with Crippen molar-refractivity contribution in [1.29, 1.82) is 0 Å². The van der Waals surface area contributed by atoms with Gasteiger partial charge in [-0.3, -0.25) is 0 Å². The molecule has 0 amide bonds. The smallest absolute Gasteiger partial charge is 0.0129 e. The first-order valence-corrected chi connectivity index (χ1v) is 7.11. The number of nitrogens with one attached hydrogen (secondary N) is 1. The molecule has 2 saturated carbocycles. The van der Waals surface area contributed by atoms with Crippen molar-refractivity contribution >= 4 is 0 Å². The molecule has 16 heavy (non-hydrogen) atoms. The van der Waals surface area contributed by atoms with Crippen molar-refractivity contribution < 1.29 is 0 Å². The Kier molecular flexibility index (Phi) is 3.11. The molecule has 0 aliphatic heterocycles. The molecule has 2 aliphatic carbocycles. The molecule has 0 saturated heterocycles. The highest BCUT2D eigenvalue weighted by molar-refractivity contribution is 5.12. The number of rotatable bonds is 4. The van der Waals surface area contributed by atoms with E-state index in [4.69, 9.17) is 0 Å². The second-order valence-electron chi connectivity index (χ2n) is 7.30. The van der Waals surface area contributed by atoms with Crippen molar-refractivity contribution in [2.75, 3.05) is 6.54 Å². The molecule has 0 heterocycles. The first-order chi connectivity index (χ1) is 7.38. The molecule has 0 radical (unpaired) electrons. The third-order valence-electron chi connectivity index (χ3n) is 5.91. The number of fused-ring (bicyclic) bond motifs is 2. The Hall–Kier alpha value is -0.0400. The molecule has 2 bridgehead atoms. The van der Waals surface area contributed by atoms with Gasteiger partial charge in [0.2, 0.25) is 0 Å². The van der Waals surface area contributed by atoms with E-state index in [1.807, 2.05) is 0 Å². The minimum Gasteiger partial charge on any atom is -0.313 e. The Balaban J connectivity index is 1.94. The lowest BCUT2D eigenvalue weighted by molar-refractivity contribution is 0.120. The van der Waals surface area contributed by atoms with Crippen LogP contribution in [0.1, 0.15) is 60.3 Å². The van der Waals surface area contributed by atoms with Crippen molar-refractivity contribution in [3.63, 3.8) is 0 Å². The first-order valence-electron chi connectivity index (χ1n) is 7.11. The summed E-state index contributed by atoms with van der Waals surface area (Å²) in [5.41, 5.74) is 1.11. The van der Waals surface area contributed by atoms with Crippen LogP contribution < -0.4 is 5.32 Å². The summed E-state index contributed by atoms with van der Waals surface area (Å²) < 4.78 is 0. The van der Waals surface area contributed by atoms with Crippen molar-refractivity contribution in [1.82, 2.24) is 5.32 Å². The van der Waals surface area contributed by atoms with Gasteiger partial charge in [0, 0.05) is 6.04 Å². The molecule has 2 fully saturated rings. The molecule has 0 aromatic heterocycles. The van der Waals surface area contributed by atoms with E-state index in [1.165, 1.54) is 32.2 Å². The van der Waals surface area contributed by atoms with Crippen LogP contribution in [-0.2, 0) is 0 Å². The van der Waals surface area contributed by atoms with E-state index in [9.17, 15) is 0 Å². The van der Waals surface area contributed by atoms with Gasteiger partial charge in [-0.05, 0) is 54.9 Å². The van der Waals surface area contributed by atoms with Crippen LogP contribution in [0.15, 0.2) is 0 Å². The predicted octanol–water partition coefficient (Wildman–Crippen LogP) is 3.84. The summed E-state index contributed by atoms with van der Waals surface area (Å²) in [4.78, 5) is 0. The van der Waals surface area contributed by atoms with Gasteiger partial charge in [-0.15, -0.1) is 0 Å². The van der Waals surface area contributed by atoms with Crippen molar-refractivity contribution in [2.24, 2.45) is 22.7 Å². The molecule has 0 aromatic rings. The molecule has 3 unspecified atom stereocenters. The monoisotopic (exact) mass is 223 g/mol. The van der Waals surface area contributed by atoms with E-state index in [1.54, 1.807) is 0 Å². The van der Waals surface area contributed by atoms with E-state index in [0.29, 0.717) is 10.8 Å². The lowest BCUT2D eigenvalue weighted by Crippen LogP contribution is -2.44. The SMILES string of the molecule is CC(C)CCNC1CC2CCC1(C)C2(C)C. The molecule has 1 nitrogen and oxygen atoms in total. The van der Waals surface area contributed by atoms with E-state index in [0.717, 1.165) is 17.9 Å². The highest BCUT2D eigenvalue weighted by atomic mass is 15.0. The lowest BCUT2D eigenvalue weighted by atomic mass is 9.69. The molecular weight excluding hydrogens is 194 g/mol. The number of hydrogen-bond donors (Lipinski definition) is 1. The molecular formula is C15H29N. The molecule has 2 aliphatic rings. The topological polar surface area (TPSA) is 12.0 Å². The Morgan fingerprint density at radius 1 is 1.25 bits per heavy atom. The van der Waals surface area contributed by atoms with Gasteiger partial charge >= 0.3 is 0 Å². The summed E-state index contributed by atoms with van der Waals surface area (Å²) in [5, 5.41) is 3.84. The Morgan fingerprint density at radius 3 is 2.38 bits per heavy atom. The quantitative estimate of drug-likeness (QED) is 0.763. The van der Waals surface area contributed by atoms with Gasteiger partial charge in [0.15, 0.2) is 0 Å². The Labute approximate surface area is 101 Å². The molecule has 0 spiro atoms. The number of hydrogen-bond acceptors (Lipinski definition) is 1. The maximum absolute atomic E-state index is 3.84. The average molecular weight is 223 g/mol.